The summed E-state index contributed by atoms with van der Waals surface area (Å²) in [6, 6.07) is 2.97. The van der Waals surface area contributed by atoms with Gasteiger partial charge in [0.25, 0.3) is 0 Å². The van der Waals surface area contributed by atoms with E-state index in [1.165, 1.54) is 6.07 Å². The van der Waals surface area contributed by atoms with Gasteiger partial charge in [-0.2, -0.15) is 0 Å². The Kier molecular flexibility index (Phi) is 5.33. The Hall–Kier alpha value is -2.70. The van der Waals surface area contributed by atoms with Crippen molar-refractivity contribution < 1.29 is 27.8 Å². The quantitative estimate of drug-likeness (QED) is 0.648. The number of nitrogens with one attached hydrogen (secondary N) is 1. The number of esters is 1. The average Bonchev–Trinajstić information content (AvgIpc) is 2.83. The summed E-state index contributed by atoms with van der Waals surface area (Å²) in [5, 5.41) is 0. The highest BCUT2D eigenvalue weighted by Gasteiger charge is 2.25. The van der Waals surface area contributed by atoms with Crippen LogP contribution in [0.4, 0.5) is 8.78 Å². The van der Waals surface area contributed by atoms with Crippen LogP contribution in [-0.4, -0.2) is 30.0 Å². The minimum Gasteiger partial charge on any atom is -0.485 e. The molecule has 1 aromatic carbocycles. The molecule has 0 aliphatic heterocycles. The van der Waals surface area contributed by atoms with Gasteiger partial charge in [-0.3, -0.25) is 4.79 Å². The molecule has 0 saturated heterocycles. The van der Waals surface area contributed by atoms with E-state index in [0.29, 0.717) is 11.4 Å². The van der Waals surface area contributed by atoms with E-state index in [-0.39, 0.29) is 23.5 Å². The molecule has 2 aromatic rings. The first-order valence-electron chi connectivity index (χ1n) is 7.32. The predicted octanol–water partition coefficient (Wildman–Crippen LogP) is 3.35. The number of aryl methyl sites for hydroxylation is 2. The smallest absolute Gasteiger partial charge is 0.340 e. The van der Waals surface area contributed by atoms with E-state index in [9.17, 15) is 18.4 Å². The molecule has 0 aliphatic rings. The van der Waals surface area contributed by atoms with Gasteiger partial charge in [-0.05, 0) is 32.9 Å². The average molecular weight is 337 g/mol. The minimum absolute atomic E-state index is 0.0184. The predicted molar refractivity (Wildman–Crippen MR) is 82.4 cm³/mol. The largest absolute Gasteiger partial charge is 0.485 e. The highest BCUT2D eigenvalue weighted by molar-refractivity contribution is 6.08. The topological polar surface area (TPSA) is 68.4 Å². The number of aromatic amines is 1. The Morgan fingerprint density at radius 2 is 1.75 bits per heavy atom. The van der Waals surface area contributed by atoms with Crippen molar-refractivity contribution in [3.8, 4) is 5.75 Å². The number of halogens is 2. The van der Waals surface area contributed by atoms with Crippen molar-refractivity contribution in [3.05, 3.63) is 52.3 Å². The maximum atomic E-state index is 13.1. The van der Waals surface area contributed by atoms with Gasteiger partial charge in [0.15, 0.2) is 18.2 Å². The molecule has 1 aromatic heterocycles. The Labute approximate surface area is 137 Å². The lowest BCUT2D eigenvalue weighted by atomic mass is 10.1. The highest BCUT2D eigenvalue weighted by atomic mass is 19.2. The lowest BCUT2D eigenvalue weighted by Gasteiger charge is -2.08. The van der Waals surface area contributed by atoms with Gasteiger partial charge in [0.2, 0.25) is 5.78 Å². The molecule has 0 fully saturated rings. The Morgan fingerprint density at radius 3 is 2.38 bits per heavy atom. The number of Topliss-reactive ketones (excluding diaryl/α,β-unsaturated/α-hetero) is 1. The van der Waals surface area contributed by atoms with Crippen molar-refractivity contribution >= 4 is 11.8 Å². The first-order valence-corrected chi connectivity index (χ1v) is 7.32. The summed E-state index contributed by atoms with van der Waals surface area (Å²) in [5.41, 5.74) is 1.36. The number of hydrogen-bond donors (Lipinski definition) is 1. The number of ketones is 1. The maximum Gasteiger partial charge on any atom is 0.340 e. The monoisotopic (exact) mass is 337 g/mol. The molecule has 0 saturated carbocycles. The van der Waals surface area contributed by atoms with Crippen LogP contribution in [0.2, 0.25) is 0 Å². The molecular formula is C17H17F2NO4. The van der Waals surface area contributed by atoms with Crippen LogP contribution in [0.3, 0.4) is 0 Å². The summed E-state index contributed by atoms with van der Waals surface area (Å²) in [6.45, 7) is 4.74. The Bertz CT molecular complexity index is 783. The first kappa shape index (κ1) is 17.7. The molecular weight excluding hydrogens is 320 g/mol. The van der Waals surface area contributed by atoms with Crippen molar-refractivity contribution in [2.24, 2.45) is 0 Å². The van der Waals surface area contributed by atoms with Gasteiger partial charge >= 0.3 is 5.97 Å². The maximum absolute atomic E-state index is 13.1. The molecule has 0 bridgehead atoms. The fourth-order valence-corrected chi connectivity index (χ4v) is 2.38. The lowest BCUT2D eigenvalue weighted by molar-refractivity contribution is 0.0522. The number of aromatic nitrogens is 1. The fraction of sp³-hybridized carbons (Fsp3) is 0.294. The number of H-pyrrole nitrogens is 1. The zero-order valence-electron chi connectivity index (χ0n) is 13.5. The van der Waals surface area contributed by atoms with E-state index >= 15 is 0 Å². The van der Waals surface area contributed by atoms with Gasteiger partial charge in [-0.15, -0.1) is 0 Å². The Balaban J connectivity index is 2.20. The van der Waals surface area contributed by atoms with Crippen LogP contribution in [0.1, 0.15) is 39.0 Å². The fourth-order valence-electron chi connectivity index (χ4n) is 2.38. The van der Waals surface area contributed by atoms with Crippen molar-refractivity contribution in [2.45, 2.75) is 20.8 Å². The van der Waals surface area contributed by atoms with Crippen LogP contribution in [-0.2, 0) is 4.74 Å². The number of carbonyl (C=O) groups is 2. The Morgan fingerprint density at radius 1 is 1.08 bits per heavy atom. The molecule has 0 radical (unpaired) electrons. The molecule has 1 N–H and O–H groups in total. The van der Waals surface area contributed by atoms with Gasteiger partial charge in [-0.1, -0.05) is 0 Å². The van der Waals surface area contributed by atoms with E-state index in [1.54, 1.807) is 20.8 Å². The molecule has 0 aliphatic carbocycles. The third-order valence-corrected chi connectivity index (χ3v) is 3.39. The zero-order chi connectivity index (χ0) is 17.9. The third kappa shape index (κ3) is 3.61. The van der Waals surface area contributed by atoms with Crippen LogP contribution in [0.15, 0.2) is 18.2 Å². The first-order chi connectivity index (χ1) is 11.3. The molecule has 1 heterocycles. The summed E-state index contributed by atoms with van der Waals surface area (Å²) in [5.74, 6) is -3.12. The number of rotatable bonds is 6. The highest BCUT2D eigenvalue weighted by Crippen LogP contribution is 2.21. The van der Waals surface area contributed by atoms with Crippen molar-refractivity contribution in [1.82, 2.24) is 4.98 Å². The molecule has 0 spiro atoms. The molecule has 24 heavy (non-hydrogen) atoms. The second-order valence-corrected chi connectivity index (χ2v) is 5.13. The summed E-state index contributed by atoms with van der Waals surface area (Å²) in [7, 11) is 0. The van der Waals surface area contributed by atoms with Crippen LogP contribution < -0.4 is 4.74 Å². The summed E-state index contributed by atoms with van der Waals surface area (Å²) >= 11 is 0. The SMILES string of the molecule is CCOC(=O)c1c(C)[nH]c(C)c1C(=O)COc1ccc(F)c(F)c1. The van der Waals surface area contributed by atoms with Crippen LogP contribution in [0.5, 0.6) is 5.75 Å². The van der Waals surface area contributed by atoms with E-state index < -0.39 is 30.0 Å². The van der Waals surface area contributed by atoms with Gasteiger partial charge in [-0.25, -0.2) is 13.6 Å². The standard InChI is InChI=1S/C17H17F2NO4/c1-4-23-17(22)16-10(3)20-9(2)15(16)14(21)8-24-11-5-6-12(18)13(19)7-11/h5-7,20H,4,8H2,1-3H3. The van der Waals surface area contributed by atoms with Crippen LogP contribution in [0.25, 0.3) is 0 Å². The van der Waals surface area contributed by atoms with Crippen LogP contribution >= 0.6 is 0 Å². The van der Waals surface area contributed by atoms with E-state index in [0.717, 1.165) is 12.1 Å². The molecule has 0 atom stereocenters. The lowest BCUT2D eigenvalue weighted by Crippen LogP contribution is -2.17. The van der Waals surface area contributed by atoms with E-state index in [1.807, 2.05) is 0 Å². The van der Waals surface area contributed by atoms with Gasteiger partial charge in [0.05, 0.1) is 17.7 Å². The van der Waals surface area contributed by atoms with Crippen LogP contribution in [0, 0.1) is 25.5 Å². The molecule has 7 heteroatoms. The van der Waals surface area contributed by atoms with E-state index in [4.69, 9.17) is 9.47 Å². The minimum atomic E-state index is -1.07. The normalized spacial score (nSPS) is 10.5. The molecule has 0 unspecified atom stereocenters. The molecule has 2 rings (SSSR count). The summed E-state index contributed by atoms with van der Waals surface area (Å²) in [4.78, 5) is 27.4. The number of ether oxygens (including phenoxy) is 2. The number of hydrogen-bond acceptors (Lipinski definition) is 4. The van der Waals surface area contributed by atoms with Gasteiger partial charge in [0, 0.05) is 17.5 Å². The number of benzene rings is 1. The van der Waals surface area contributed by atoms with Crippen molar-refractivity contribution in [1.29, 1.82) is 0 Å². The molecule has 128 valence electrons. The van der Waals surface area contributed by atoms with E-state index in [2.05, 4.69) is 4.98 Å². The second-order valence-electron chi connectivity index (χ2n) is 5.13. The molecule has 0 amide bonds. The zero-order valence-corrected chi connectivity index (χ0v) is 13.5. The summed E-state index contributed by atoms with van der Waals surface area (Å²) < 4.78 is 36.2. The van der Waals surface area contributed by atoms with Gasteiger partial charge in [0.1, 0.15) is 5.75 Å². The second kappa shape index (κ2) is 7.25. The van der Waals surface area contributed by atoms with Crippen molar-refractivity contribution in [2.75, 3.05) is 13.2 Å². The molecule has 5 nitrogen and oxygen atoms in total. The summed E-state index contributed by atoms with van der Waals surface area (Å²) in [6.07, 6.45) is 0. The number of carbonyl (C=O) groups excluding carboxylic acids is 2. The van der Waals surface area contributed by atoms with Crippen molar-refractivity contribution in [3.63, 3.8) is 0 Å². The van der Waals surface area contributed by atoms with Gasteiger partial charge < -0.3 is 14.5 Å². The third-order valence-electron chi connectivity index (χ3n) is 3.39.